The molecule has 1 N–H and O–H groups in total. The van der Waals surface area contributed by atoms with Gasteiger partial charge in [0.15, 0.2) is 5.76 Å². The second kappa shape index (κ2) is 11.0. The zero-order chi connectivity index (χ0) is 23.1. The first-order valence-electron chi connectivity index (χ1n) is 10.5. The molecular weight excluding hydrogens is 414 g/mol. The Bertz CT molecular complexity index is 990. The summed E-state index contributed by atoms with van der Waals surface area (Å²) in [5, 5.41) is 10.5. The molecule has 1 fully saturated rings. The van der Waals surface area contributed by atoms with Crippen molar-refractivity contribution >= 4 is 5.97 Å². The number of benzene rings is 1. The molecule has 8 nitrogen and oxygen atoms in total. The number of esters is 1. The summed E-state index contributed by atoms with van der Waals surface area (Å²) in [5.74, 6) is -0.594. The number of morpholine rings is 1. The molecule has 32 heavy (non-hydrogen) atoms. The van der Waals surface area contributed by atoms with Crippen LogP contribution in [0.1, 0.15) is 36.3 Å². The van der Waals surface area contributed by atoms with E-state index in [1.165, 1.54) is 13.2 Å². The zero-order valence-corrected chi connectivity index (χ0v) is 18.5. The SMILES string of the molecule is C=C(C)COc1ccc([C@@H](CC(=O)OC)c2oc(CN3CCOCC3)cc(=O)c2O)cc1. The van der Waals surface area contributed by atoms with Gasteiger partial charge >= 0.3 is 5.97 Å². The molecule has 0 aliphatic carbocycles. The number of carbonyl (C=O) groups is 1. The first-order valence-corrected chi connectivity index (χ1v) is 10.5. The van der Waals surface area contributed by atoms with Gasteiger partial charge in [0.1, 0.15) is 18.1 Å². The number of rotatable bonds is 9. The van der Waals surface area contributed by atoms with E-state index in [0.29, 0.717) is 43.4 Å². The van der Waals surface area contributed by atoms with Crippen molar-refractivity contribution in [2.45, 2.75) is 25.8 Å². The van der Waals surface area contributed by atoms with Crippen LogP contribution in [0.2, 0.25) is 0 Å². The minimum absolute atomic E-state index is 0.0433. The van der Waals surface area contributed by atoms with Crippen LogP contribution in [0.3, 0.4) is 0 Å². The number of carbonyl (C=O) groups excluding carboxylic acids is 1. The summed E-state index contributed by atoms with van der Waals surface area (Å²) in [7, 11) is 1.29. The number of aromatic hydroxyl groups is 1. The standard InChI is InChI=1S/C24H29NO7/c1-16(2)15-31-18-6-4-17(5-7-18)20(13-22(27)29-3)24-23(28)21(26)12-19(32-24)14-25-8-10-30-11-9-25/h4-7,12,20,28H,1,8-11,13-15H2,2-3H3/t20-/m1/s1. The molecule has 1 aliphatic heterocycles. The average molecular weight is 443 g/mol. The predicted octanol–water partition coefficient (Wildman–Crippen LogP) is 2.83. The molecule has 0 radical (unpaired) electrons. The van der Waals surface area contributed by atoms with Crippen molar-refractivity contribution in [2.75, 3.05) is 40.0 Å². The van der Waals surface area contributed by atoms with Gasteiger partial charge in [-0.2, -0.15) is 0 Å². The smallest absolute Gasteiger partial charge is 0.306 e. The van der Waals surface area contributed by atoms with Crippen molar-refractivity contribution in [3.63, 3.8) is 0 Å². The maximum Gasteiger partial charge on any atom is 0.306 e. The second-order valence-corrected chi connectivity index (χ2v) is 7.83. The largest absolute Gasteiger partial charge is 0.502 e. The summed E-state index contributed by atoms with van der Waals surface area (Å²) in [6.07, 6.45) is -0.0972. The van der Waals surface area contributed by atoms with Gasteiger partial charge in [-0.25, -0.2) is 0 Å². The van der Waals surface area contributed by atoms with E-state index in [1.54, 1.807) is 24.3 Å². The molecule has 0 amide bonds. The predicted molar refractivity (Wildman–Crippen MR) is 118 cm³/mol. The molecule has 0 unspecified atom stereocenters. The highest BCUT2D eigenvalue weighted by molar-refractivity contribution is 5.71. The monoisotopic (exact) mass is 443 g/mol. The van der Waals surface area contributed by atoms with Crippen molar-refractivity contribution < 1.29 is 28.5 Å². The summed E-state index contributed by atoms with van der Waals surface area (Å²) < 4.78 is 21.8. The van der Waals surface area contributed by atoms with Gasteiger partial charge in [0, 0.05) is 19.2 Å². The molecule has 1 aliphatic rings. The fraction of sp³-hybridized carbons (Fsp3) is 0.417. The number of ether oxygens (including phenoxy) is 3. The van der Waals surface area contributed by atoms with Gasteiger partial charge in [0.05, 0.1) is 39.2 Å². The number of nitrogens with zero attached hydrogens (tertiary/aromatic N) is 1. The van der Waals surface area contributed by atoms with Crippen molar-refractivity contribution in [1.82, 2.24) is 4.90 Å². The molecule has 2 heterocycles. The van der Waals surface area contributed by atoms with Crippen LogP contribution >= 0.6 is 0 Å². The first kappa shape index (κ1) is 23.6. The molecule has 1 aromatic carbocycles. The van der Waals surface area contributed by atoms with Crippen LogP contribution < -0.4 is 10.2 Å². The first-order chi connectivity index (χ1) is 15.4. The van der Waals surface area contributed by atoms with E-state index < -0.39 is 23.1 Å². The summed E-state index contributed by atoms with van der Waals surface area (Å²) in [4.78, 5) is 26.7. The van der Waals surface area contributed by atoms with Gasteiger partial charge < -0.3 is 23.7 Å². The molecule has 0 saturated carbocycles. The van der Waals surface area contributed by atoms with Crippen molar-refractivity contribution in [1.29, 1.82) is 0 Å². The quantitative estimate of drug-likeness (QED) is 0.467. The average Bonchev–Trinajstić information content (AvgIpc) is 2.79. The molecule has 3 rings (SSSR count). The number of hydrogen-bond donors (Lipinski definition) is 1. The van der Waals surface area contributed by atoms with E-state index in [1.807, 2.05) is 6.92 Å². The van der Waals surface area contributed by atoms with E-state index in [9.17, 15) is 14.7 Å². The van der Waals surface area contributed by atoms with Gasteiger partial charge in [-0.15, -0.1) is 0 Å². The highest BCUT2D eigenvalue weighted by atomic mass is 16.5. The lowest BCUT2D eigenvalue weighted by atomic mass is 9.92. The number of methoxy groups -OCH3 is 1. The van der Waals surface area contributed by atoms with Gasteiger partial charge in [-0.1, -0.05) is 18.7 Å². The van der Waals surface area contributed by atoms with Crippen LogP contribution in [0, 0.1) is 0 Å². The van der Waals surface area contributed by atoms with Gasteiger partial charge in [0.2, 0.25) is 11.2 Å². The molecular formula is C24H29NO7. The van der Waals surface area contributed by atoms with Crippen LogP contribution in [0.25, 0.3) is 0 Å². The van der Waals surface area contributed by atoms with E-state index in [-0.39, 0.29) is 12.2 Å². The van der Waals surface area contributed by atoms with Crippen molar-refractivity contribution in [3.05, 3.63) is 69.8 Å². The fourth-order valence-corrected chi connectivity index (χ4v) is 3.46. The van der Waals surface area contributed by atoms with E-state index >= 15 is 0 Å². The summed E-state index contributed by atoms with van der Waals surface area (Å²) in [6, 6.07) is 8.35. The molecule has 0 bridgehead atoms. The molecule has 1 atom stereocenters. The van der Waals surface area contributed by atoms with E-state index in [2.05, 4.69) is 11.5 Å². The van der Waals surface area contributed by atoms with Gasteiger partial charge in [0.25, 0.3) is 0 Å². The van der Waals surface area contributed by atoms with Crippen LogP contribution in [-0.4, -0.2) is 56.0 Å². The Labute approximate surface area is 187 Å². The van der Waals surface area contributed by atoms with Gasteiger partial charge in [-0.05, 0) is 30.2 Å². The highest BCUT2D eigenvalue weighted by Gasteiger charge is 2.27. The van der Waals surface area contributed by atoms with Crippen molar-refractivity contribution in [3.8, 4) is 11.5 Å². The Hall–Kier alpha value is -3.10. The second-order valence-electron chi connectivity index (χ2n) is 7.83. The zero-order valence-electron chi connectivity index (χ0n) is 18.5. The lowest BCUT2D eigenvalue weighted by Gasteiger charge is -2.26. The van der Waals surface area contributed by atoms with E-state index in [4.69, 9.17) is 18.6 Å². The maximum atomic E-state index is 12.5. The van der Waals surface area contributed by atoms with Crippen LogP contribution in [0.5, 0.6) is 11.5 Å². The van der Waals surface area contributed by atoms with Crippen molar-refractivity contribution in [2.24, 2.45) is 0 Å². The molecule has 172 valence electrons. The molecule has 1 aromatic heterocycles. The third-order valence-corrected chi connectivity index (χ3v) is 5.17. The maximum absolute atomic E-state index is 12.5. The summed E-state index contributed by atoms with van der Waals surface area (Å²) in [5.41, 5.74) is 1.02. The summed E-state index contributed by atoms with van der Waals surface area (Å²) in [6.45, 7) is 9.14. The van der Waals surface area contributed by atoms with Crippen LogP contribution in [0.15, 0.2) is 51.7 Å². The topological polar surface area (TPSA) is 98.4 Å². The molecule has 1 saturated heterocycles. The van der Waals surface area contributed by atoms with Crippen LogP contribution in [-0.2, 0) is 20.8 Å². The minimum Gasteiger partial charge on any atom is -0.502 e. The van der Waals surface area contributed by atoms with Crippen LogP contribution in [0.4, 0.5) is 0 Å². The Morgan fingerprint density at radius 3 is 2.56 bits per heavy atom. The molecule has 0 spiro atoms. The molecule has 2 aromatic rings. The number of hydrogen-bond acceptors (Lipinski definition) is 8. The fourth-order valence-electron chi connectivity index (χ4n) is 3.46. The Morgan fingerprint density at radius 2 is 1.94 bits per heavy atom. The minimum atomic E-state index is -0.699. The third-order valence-electron chi connectivity index (χ3n) is 5.17. The summed E-state index contributed by atoms with van der Waals surface area (Å²) >= 11 is 0. The molecule has 8 heteroatoms. The Balaban J connectivity index is 1.93. The Kier molecular flexibility index (Phi) is 8.08. The van der Waals surface area contributed by atoms with E-state index in [0.717, 1.165) is 18.7 Å². The highest BCUT2D eigenvalue weighted by Crippen LogP contribution is 2.34. The lowest BCUT2D eigenvalue weighted by molar-refractivity contribution is -0.140. The lowest BCUT2D eigenvalue weighted by Crippen LogP contribution is -2.35. The third kappa shape index (κ3) is 6.21. The normalized spacial score (nSPS) is 15.2. The van der Waals surface area contributed by atoms with Gasteiger partial charge in [-0.3, -0.25) is 14.5 Å². The Morgan fingerprint density at radius 1 is 1.25 bits per heavy atom.